The summed E-state index contributed by atoms with van der Waals surface area (Å²) in [6, 6.07) is 83.9. The van der Waals surface area contributed by atoms with Crippen molar-refractivity contribution in [2.24, 2.45) is 0 Å². The van der Waals surface area contributed by atoms with Crippen LogP contribution in [0.5, 0.6) is 0 Å². The second-order valence-electron chi connectivity index (χ2n) is 26.1. The number of amides is 1. The lowest BCUT2D eigenvalue weighted by atomic mass is 9.91. The zero-order valence-electron chi connectivity index (χ0n) is 51.3. The normalized spacial score (nSPS) is 12.3. The van der Waals surface area contributed by atoms with Crippen LogP contribution in [0.4, 0.5) is 0 Å². The van der Waals surface area contributed by atoms with Crippen LogP contribution >= 0.6 is 15.8 Å². The lowest BCUT2D eigenvalue weighted by Crippen LogP contribution is -2.37. The zero-order chi connectivity index (χ0) is 58.7. The molecule has 0 saturated heterocycles. The summed E-state index contributed by atoms with van der Waals surface area (Å²) in [5.41, 5.74) is 3.78. The first-order valence-electron chi connectivity index (χ1n) is 31.1. The maximum absolute atomic E-state index is 14.0. The van der Waals surface area contributed by atoms with Crippen molar-refractivity contribution in [1.82, 2.24) is 5.32 Å². The largest absolute Gasteiger partial charge is 0.356 e. The number of nitrogens with one attached hydrogen (secondary N) is 1. The first-order chi connectivity index (χ1) is 40.1. The van der Waals surface area contributed by atoms with Crippen LogP contribution < -0.4 is 37.1 Å². The molecule has 0 aliphatic rings. The van der Waals surface area contributed by atoms with Crippen molar-refractivity contribution in [2.45, 2.75) is 145 Å². The highest BCUT2D eigenvalue weighted by Crippen LogP contribution is 2.42. The molecule has 8 rings (SSSR count). The Bertz CT molecular complexity index is 3220. The molecule has 0 spiro atoms. The van der Waals surface area contributed by atoms with E-state index in [1.54, 1.807) is 0 Å². The first-order valence-corrected chi connectivity index (χ1v) is 46.9. The highest BCUT2D eigenvalue weighted by Gasteiger charge is 2.34. The monoisotopic (exact) mass is 1200 g/mol. The number of benzene rings is 8. The Kier molecular flexibility index (Phi) is 23.5. The number of carbonyl (C=O) groups is 1. The van der Waals surface area contributed by atoms with Crippen LogP contribution in [0.3, 0.4) is 0 Å². The predicted octanol–water partition coefficient (Wildman–Crippen LogP) is 19.3. The van der Waals surface area contributed by atoms with Crippen LogP contribution in [0.1, 0.15) is 44.1 Å². The minimum atomic E-state index is -1.62. The zero-order valence-corrected chi connectivity index (χ0v) is 57.1. The van der Waals surface area contributed by atoms with Gasteiger partial charge in [-0.15, -0.1) is 19.7 Å². The van der Waals surface area contributed by atoms with E-state index in [-0.39, 0.29) is 5.91 Å². The van der Waals surface area contributed by atoms with Gasteiger partial charge < -0.3 is 5.32 Å². The summed E-state index contributed by atoms with van der Waals surface area (Å²) >= 11 is 0. The number of fused-ring (bicyclic) bond motifs is 2. The highest BCUT2D eigenvalue weighted by atomic mass is 31.1. The molecule has 0 atom stereocenters. The molecule has 83 heavy (non-hydrogen) atoms. The molecule has 8 heteroatoms. The molecule has 8 aromatic rings. The Labute approximate surface area is 508 Å². The van der Waals surface area contributed by atoms with E-state index in [0.29, 0.717) is 6.42 Å². The van der Waals surface area contributed by atoms with Gasteiger partial charge in [0.2, 0.25) is 5.91 Å². The Morgan fingerprint density at radius 1 is 0.410 bits per heavy atom. The smallest absolute Gasteiger partial charge is 0.220 e. The van der Waals surface area contributed by atoms with Crippen molar-refractivity contribution < 1.29 is 4.79 Å². The fourth-order valence-corrected chi connectivity index (χ4v) is 30.3. The van der Waals surface area contributed by atoms with E-state index in [2.05, 4.69) is 271 Å². The second kappa shape index (κ2) is 30.7. The van der Waals surface area contributed by atoms with E-state index in [0.717, 1.165) is 25.8 Å². The SMILES string of the molecule is C=CC[Si](C)(C)CCC[Si](CCCNC(=O)CCCc1cc(-c2cccc3ccc(P(c4ccccc4)c4ccccc4)cc23)c2cc(P(c3ccccc3)c3ccccc3)ccc2c1)(CCC[Si](C)(C)CC=C)CCC[Si](C)(C)CC=C. The molecule has 0 aliphatic heterocycles. The molecule has 0 heterocycles. The number of hydrogen-bond donors (Lipinski definition) is 1. The van der Waals surface area contributed by atoms with Gasteiger partial charge in [0.05, 0.1) is 32.3 Å². The van der Waals surface area contributed by atoms with Gasteiger partial charge in [0.15, 0.2) is 0 Å². The van der Waals surface area contributed by atoms with E-state index in [1.807, 2.05) is 0 Å². The molecule has 8 aromatic carbocycles. The molecule has 1 amide bonds. The van der Waals surface area contributed by atoms with Crippen molar-refractivity contribution in [2.75, 3.05) is 6.54 Å². The van der Waals surface area contributed by atoms with Crippen LogP contribution in [0.25, 0.3) is 32.7 Å². The summed E-state index contributed by atoms with van der Waals surface area (Å²) in [5.74, 6) is 0.194. The lowest BCUT2D eigenvalue weighted by molar-refractivity contribution is -0.121. The standard InChI is InChI=1S/C75H95NOP2Si4/c1-10-48-80(4,5)51-28-55-83(56-29-52-81(6,7)49-11-2,57-30-53-82(8,9)50-12-3)54-27-47-76-75(77)42-25-31-62-58-64-44-46-70(79(67-37-21-15-22-38-67)68-39-23-16-24-40-68)61-73(64)74(59-62)71-41-26-32-63-43-45-69(60-72(63)71)78(65-33-17-13-18-34-65)66-35-19-14-20-36-66/h10-24,26,32-41,43-46,58-61H,1-3,25,27-31,42,47-57H2,4-9H3,(H,76,77). The van der Waals surface area contributed by atoms with Crippen molar-refractivity contribution in [3.05, 3.63) is 232 Å². The summed E-state index contributed by atoms with van der Waals surface area (Å²) in [6.07, 6.45) is 13.9. The molecule has 0 aliphatic carbocycles. The van der Waals surface area contributed by atoms with Crippen molar-refractivity contribution in [1.29, 1.82) is 0 Å². The van der Waals surface area contributed by atoms with Crippen molar-refractivity contribution >= 4 is 107 Å². The van der Waals surface area contributed by atoms with Gasteiger partial charge in [-0.2, -0.15) is 0 Å². The van der Waals surface area contributed by atoms with E-state index in [4.69, 9.17) is 0 Å². The molecular formula is C75H95NOP2Si4. The van der Waals surface area contributed by atoms with Gasteiger partial charge in [0.25, 0.3) is 0 Å². The highest BCUT2D eigenvalue weighted by molar-refractivity contribution is 7.80. The Morgan fingerprint density at radius 2 is 0.819 bits per heavy atom. The number of aryl methyl sites for hydroxylation is 1. The van der Waals surface area contributed by atoms with E-state index >= 15 is 0 Å². The quantitative estimate of drug-likeness (QED) is 0.0189. The average molecular weight is 1200 g/mol. The minimum absolute atomic E-state index is 0.194. The Hall–Kier alpha value is -5.30. The average Bonchev–Trinajstić information content (AvgIpc) is 3.46. The van der Waals surface area contributed by atoms with Gasteiger partial charge in [-0.25, -0.2) is 0 Å². The van der Waals surface area contributed by atoms with E-state index < -0.39 is 48.1 Å². The van der Waals surface area contributed by atoms with Crippen LogP contribution in [0, 0.1) is 0 Å². The maximum Gasteiger partial charge on any atom is 0.220 e. The third-order valence-corrected chi connectivity index (χ3v) is 37.4. The molecule has 0 radical (unpaired) electrons. The van der Waals surface area contributed by atoms with Gasteiger partial charge in [-0.1, -0.05) is 295 Å². The van der Waals surface area contributed by atoms with E-state index in [9.17, 15) is 4.79 Å². The maximum atomic E-state index is 14.0. The molecule has 0 unspecified atom stereocenters. The second-order valence-corrected chi connectivity index (χ2v) is 51.3. The van der Waals surface area contributed by atoms with Gasteiger partial charge >= 0.3 is 0 Å². The van der Waals surface area contributed by atoms with Crippen LogP contribution in [0.2, 0.25) is 99.7 Å². The molecule has 1 N–H and O–H groups in total. The minimum Gasteiger partial charge on any atom is -0.356 e. The van der Waals surface area contributed by atoms with Gasteiger partial charge in [-0.05, 0) is 135 Å². The summed E-state index contributed by atoms with van der Waals surface area (Å²) in [5, 5.41) is 16.5. The van der Waals surface area contributed by atoms with Gasteiger partial charge in [0.1, 0.15) is 0 Å². The third-order valence-electron chi connectivity index (χ3n) is 17.6. The predicted molar refractivity (Wildman–Crippen MR) is 386 cm³/mol. The van der Waals surface area contributed by atoms with Gasteiger partial charge in [0, 0.05) is 13.0 Å². The summed E-state index contributed by atoms with van der Waals surface area (Å²) in [7, 11) is -7.13. The third kappa shape index (κ3) is 18.4. The molecule has 2 nitrogen and oxygen atoms in total. The Morgan fingerprint density at radius 3 is 1.25 bits per heavy atom. The van der Waals surface area contributed by atoms with Crippen LogP contribution in [-0.4, -0.2) is 44.7 Å². The molecule has 0 aromatic heterocycles. The number of hydrogen-bond acceptors (Lipinski definition) is 1. The summed E-state index contributed by atoms with van der Waals surface area (Å²) < 4.78 is 0. The molecule has 0 fully saturated rings. The van der Waals surface area contributed by atoms with Crippen LogP contribution in [-0.2, 0) is 11.2 Å². The number of carbonyl (C=O) groups excluding carboxylic acids is 1. The number of allylic oxidation sites excluding steroid dienone is 3. The first kappa shape index (κ1) is 63.7. The molecule has 0 saturated carbocycles. The van der Waals surface area contributed by atoms with Gasteiger partial charge in [-0.3, -0.25) is 4.79 Å². The van der Waals surface area contributed by atoms with Crippen molar-refractivity contribution in [3.63, 3.8) is 0 Å². The van der Waals surface area contributed by atoms with E-state index in [1.165, 1.54) is 150 Å². The topological polar surface area (TPSA) is 29.1 Å². The molecule has 0 bridgehead atoms. The lowest BCUT2D eigenvalue weighted by Gasteiger charge is -2.35. The summed E-state index contributed by atoms with van der Waals surface area (Å²) in [4.78, 5) is 14.0. The Balaban J connectivity index is 1.06. The van der Waals surface area contributed by atoms with Crippen LogP contribution in [0.15, 0.2) is 226 Å². The fourth-order valence-electron chi connectivity index (χ4n) is 13.0. The number of rotatable bonds is 33. The molecule has 432 valence electrons. The fraction of sp³-hybridized carbons (Fsp3) is 0.320. The molecular weight excluding hydrogens is 1110 g/mol. The summed E-state index contributed by atoms with van der Waals surface area (Å²) in [6.45, 7) is 28.6. The van der Waals surface area contributed by atoms with Crippen molar-refractivity contribution in [3.8, 4) is 11.1 Å².